The van der Waals surface area contributed by atoms with Crippen LogP contribution in [-0.4, -0.2) is 40.5 Å². The summed E-state index contributed by atoms with van der Waals surface area (Å²) < 4.78 is 26.2. The summed E-state index contributed by atoms with van der Waals surface area (Å²) in [5.74, 6) is 1.34. The van der Waals surface area contributed by atoms with Gasteiger partial charge in [-0.15, -0.1) is 21.5 Å². The van der Waals surface area contributed by atoms with Crippen LogP contribution in [0, 0.1) is 5.82 Å². The average Bonchev–Trinajstić information content (AvgIpc) is 3.48. The number of benzene rings is 2. The van der Waals surface area contributed by atoms with E-state index < -0.39 is 5.82 Å². The van der Waals surface area contributed by atoms with Crippen LogP contribution >= 0.6 is 11.3 Å². The minimum atomic E-state index is -0.394. The number of nitrogens with one attached hydrogen (secondary N) is 2. The van der Waals surface area contributed by atoms with Crippen LogP contribution in [0.5, 0.6) is 5.75 Å². The maximum atomic E-state index is 14.6. The Morgan fingerprint density at radius 1 is 1.13 bits per heavy atom. The first-order chi connectivity index (χ1) is 15.2. The lowest BCUT2D eigenvalue weighted by Crippen LogP contribution is -2.05. The summed E-state index contributed by atoms with van der Waals surface area (Å²) in [6, 6.07) is 12.5. The molecule has 5 rings (SSSR count). The predicted octanol–water partition coefficient (Wildman–Crippen LogP) is 5.14. The Morgan fingerprint density at radius 3 is 2.90 bits per heavy atom. The van der Waals surface area contributed by atoms with Crippen molar-refractivity contribution >= 4 is 43.8 Å². The third-order valence-corrected chi connectivity index (χ3v) is 5.77. The van der Waals surface area contributed by atoms with Gasteiger partial charge in [0.05, 0.1) is 22.5 Å². The zero-order valence-corrected chi connectivity index (χ0v) is 17.4. The maximum absolute atomic E-state index is 14.6. The lowest BCUT2D eigenvalue weighted by molar-refractivity contribution is 0.146. The normalized spacial score (nSPS) is 11.3. The topological polar surface area (TPSA) is 84.9 Å². The highest BCUT2D eigenvalue weighted by molar-refractivity contribution is 7.18. The highest BCUT2D eigenvalue weighted by atomic mass is 32.1. The molecule has 2 N–H and O–H groups in total. The summed E-state index contributed by atoms with van der Waals surface area (Å²) in [7, 11) is 1.60. The molecule has 0 aliphatic rings. The number of H-pyrrole nitrogens is 1. The van der Waals surface area contributed by atoms with Crippen molar-refractivity contribution in [3.05, 3.63) is 60.0 Å². The van der Waals surface area contributed by atoms with E-state index in [1.165, 1.54) is 12.4 Å². The van der Waals surface area contributed by atoms with E-state index in [0.717, 1.165) is 26.6 Å². The van der Waals surface area contributed by atoms with Crippen LogP contribution in [-0.2, 0) is 4.74 Å². The molecule has 3 heterocycles. The van der Waals surface area contributed by atoms with Gasteiger partial charge in [-0.3, -0.25) is 0 Å². The number of aromatic nitrogens is 4. The van der Waals surface area contributed by atoms with Crippen LogP contribution in [0.25, 0.3) is 32.4 Å². The summed E-state index contributed by atoms with van der Waals surface area (Å²) in [5.41, 5.74) is 1.86. The third kappa shape index (κ3) is 3.69. The van der Waals surface area contributed by atoms with Crippen LogP contribution in [0.2, 0.25) is 0 Å². The smallest absolute Gasteiger partial charge is 0.163 e. The molecule has 0 aliphatic carbocycles. The van der Waals surface area contributed by atoms with E-state index in [9.17, 15) is 4.39 Å². The van der Waals surface area contributed by atoms with Crippen molar-refractivity contribution < 1.29 is 13.9 Å². The summed E-state index contributed by atoms with van der Waals surface area (Å²) >= 11 is 1.55. The molecule has 3 aromatic heterocycles. The summed E-state index contributed by atoms with van der Waals surface area (Å²) in [4.78, 5) is 7.89. The van der Waals surface area contributed by atoms with Gasteiger partial charge in [0.1, 0.15) is 30.3 Å². The van der Waals surface area contributed by atoms with Gasteiger partial charge in [0.25, 0.3) is 0 Å². The first-order valence-electron chi connectivity index (χ1n) is 9.59. The summed E-state index contributed by atoms with van der Waals surface area (Å²) in [6.45, 7) is 0.831. The number of para-hydroxylation sites is 1. The molecule has 7 nitrogen and oxygen atoms in total. The molecule has 31 heavy (non-hydrogen) atoms. The molecular formula is C22H18FN5O2S. The molecule has 0 saturated carbocycles. The number of anilines is 2. The number of ether oxygens (including phenoxy) is 2. The zero-order chi connectivity index (χ0) is 21.2. The molecule has 9 heteroatoms. The van der Waals surface area contributed by atoms with Crippen LogP contribution < -0.4 is 10.1 Å². The molecule has 0 bridgehead atoms. The van der Waals surface area contributed by atoms with Gasteiger partial charge in [-0.05, 0) is 29.6 Å². The monoisotopic (exact) mass is 435 g/mol. The van der Waals surface area contributed by atoms with Crippen molar-refractivity contribution in [1.29, 1.82) is 0 Å². The van der Waals surface area contributed by atoms with Gasteiger partial charge >= 0.3 is 0 Å². The molecule has 156 valence electrons. The fourth-order valence-electron chi connectivity index (χ4n) is 3.42. The van der Waals surface area contributed by atoms with Crippen LogP contribution in [0.1, 0.15) is 0 Å². The van der Waals surface area contributed by atoms with E-state index in [4.69, 9.17) is 14.5 Å². The van der Waals surface area contributed by atoms with Crippen molar-refractivity contribution in [2.75, 3.05) is 25.6 Å². The number of thiophene rings is 1. The van der Waals surface area contributed by atoms with Gasteiger partial charge in [-0.1, -0.05) is 12.1 Å². The lowest BCUT2D eigenvalue weighted by Gasteiger charge is -2.13. The number of rotatable bonds is 7. The number of hydrogen-bond acceptors (Lipinski definition) is 7. The second-order valence-electron chi connectivity index (χ2n) is 6.77. The number of halogens is 1. The molecule has 0 spiro atoms. The lowest BCUT2D eigenvalue weighted by atomic mass is 10.1. The van der Waals surface area contributed by atoms with Crippen molar-refractivity contribution in [2.45, 2.75) is 0 Å². The number of nitrogens with zero attached hydrogens (tertiary/aromatic N) is 3. The Labute approximate surface area is 180 Å². The van der Waals surface area contributed by atoms with Crippen LogP contribution in [0.15, 0.2) is 54.2 Å². The van der Waals surface area contributed by atoms with Gasteiger partial charge in [-0.25, -0.2) is 9.37 Å². The molecule has 0 aliphatic heterocycles. The minimum Gasteiger partial charge on any atom is -0.491 e. The van der Waals surface area contributed by atoms with Gasteiger partial charge in [-0.2, -0.15) is 0 Å². The molecule has 0 unspecified atom stereocenters. The molecule has 0 radical (unpaired) electrons. The molecular weight excluding hydrogens is 417 g/mol. The highest BCUT2D eigenvalue weighted by Crippen LogP contribution is 2.38. The highest BCUT2D eigenvalue weighted by Gasteiger charge is 2.16. The number of fused-ring (bicyclic) bond motifs is 3. The summed E-state index contributed by atoms with van der Waals surface area (Å²) in [5, 5.41) is 15.2. The average molecular weight is 435 g/mol. The Bertz CT molecular complexity index is 1350. The first-order valence-corrected chi connectivity index (χ1v) is 10.5. The SMILES string of the molecule is COCCOc1ccc(F)c(Nc2nc3c(-c4nnc[nH]4)cccc3c3ccsc23)c1. The van der Waals surface area contributed by atoms with E-state index in [0.29, 0.717) is 30.6 Å². The maximum Gasteiger partial charge on any atom is 0.163 e. The number of hydrogen-bond donors (Lipinski definition) is 2. The molecule has 0 atom stereocenters. The van der Waals surface area contributed by atoms with E-state index in [1.807, 2.05) is 29.6 Å². The van der Waals surface area contributed by atoms with Crippen LogP contribution in [0.4, 0.5) is 15.9 Å². The van der Waals surface area contributed by atoms with E-state index >= 15 is 0 Å². The van der Waals surface area contributed by atoms with Gasteiger partial charge in [0, 0.05) is 29.5 Å². The Kier molecular flexibility index (Phi) is 5.19. The molecule has 0 fully saturated rings. The predicted molar refractivity (Wildman–Crippen MR) is 120 cm³/mol. The number of aromatic amines is 1. The Balaban J connectivity index is 1.61. The van der Waals surface area contributed by atoms with Crippen molar-refractivity contribution in [1.82, 2.24) is 20.2 Å². The molecule has 0 saturated heterocycles. The first kappa shape index (κ1) is 19.4. The van der Waals surface area contributed by atoms with E-state index in [2.05, 4.69) is 20.5 Å². The second kappa shape index (κ2) is 8.29. The van der Waals surface area contributed by atoms with Crippen molar-refractivity contribution in [3.8, 4) is 17.1 Å². The molecule has 5 aromatic rings. The van der Waals surface area contributed by atoms with Gasteiger partial charge in [0.2, 0.25) is 0 Å². The van der Waals surface area contributed by atoms with Gasteiger partial charge in [0.15, 0.2) is 5.82 Å². The van der Waals surface area contributed by atoms with Crippen LogP contribution in [0.3, 0.4) is 0 Å². The number of pyridine rings is 1. The third-order valence-electron chi connectivity index (χ3n) is 4.85. The fraction of sp³-hybridized carbons (Fsp3) is 0.136. The Hall–Kier alpha value is -3.56. The second-order valence-corrected chi connectivity index (χ2v) is 7.69. The quantitative estimate of drug-likeness (QED) is 0.344. The van der Waals surface area contributed by atoms with Gasteiger partial charge < -0.3 is 19.8 Å². The standard InChI is InChI=1S/C22H18FN5O2S/c1-29-8-9-30-13-5-6-17(23)18(11-13)26-22-20-15(7-10-31-20)14-3-2-4-16(19(14)27-22)21-24-12-25-28-21/h2-7,10-12H,8-9H2,1H3,(H,26,27)(H,24,25,28). The minimum absolute atomic E-state index is 0.286. The van der Waals surface area contributed by atoms with Crippen molar-refractivity contribution in [3.63, 3.8) is 0 Å². The number of methoxy groups -OCH3 is 1. The summed E-state index contributed by atoms with van der Waals surface area (Å²) in [6.07, 6.45) is 1.53. The zero-order valence-electron chi connectivity index (χ0n) is 16.6. The van der Waals surface area contributed by atoms with E-state index in [1.54, 1.807) is 30.6 Å². The molecule has 0 amide bonds. The molecule has 2 aromatic carbocycles. The van der Waals surface area contributed by atoms with E-state index in [-0.39, 0.29) is 5.69 Å². The Morgan fingerprint density at radius 2 is 2.06 bits per heavy atom. The van der Waals surface area contributed by atoms with Crippen molar-refractivity contribution in [2.24, 2.45) is 0 Å². The fourth-order valence-corrected chi connectivity index (χ4v) is 4.28. The largest absolute Gasteiger partial charge is 0.491 e.